The Balaban J connectivity index is 1.81. The summed E-state index contributed by atoms with van der Waals surface area (Å²) < 4.78 is 5.16. The highest BCUT2D eigenvalue weighted by Crippen LogP contribution is 2.33. The SMILES string of the molecule is CC[C@]1(c2ccc(OC)cc2)NC(=O)N(CC(=O)N2CCCC[C@@H]2C)C1=O. The Morgan fingerprint density at radius 2 is 1.96 bits per heavy atom. The van der Waals surface area contributed by atoms with Crippen molar-refractivity contribution in [2.75, 3.05) is 20.2 Å². The summed E-state index contributed by atoms with van der Waals surface area (Å²) in [5.41, 5.74) is -0.456. The lowest BCUT2D eigenvalue weighted by molar-refractivity contribution is -0.141. The van der Waals surface area contributed by atoms with Gasteiger partial charge in [0.15, 0.2) is 0 Å². The number of likely N-dealkylation sites (tertiary alicyclic amines) is 1. The number of benzene rings is 1. The molecule has 0 aliphatic carbocycles. The molecule has 2 saturated heterocycles. The van der Waals surface area contributed by atoms with Gasteiger partial charge >= 0.3 is 6.03 Å². The molecule has 0 unspecified atom stereocenters. The van der Waals surface area contributed by atoms with E-state index in [1.807, 2.05) is 13.8 Å². The van der Waals surface area contributed by atoms with Crippen LogP contribution in [0.5, 0.6) is 5.75 Å². The highest BCUT2D eigenvalue weighted by Gasteiger charge is 2.52. The molecule has 2 heterocycles. The van der Waals surface area contributed by atoms with Crippen molar-refractivity contribution in [3.05, 3.63) is 29.8 Å². The molecule has 2 aliphatic rings. The molecular weight excluding hydrogens is 346 g/mol. The van der Waals surface area contributed by atoms with E-state index in [9.17, 15) is 14.4 Å². The summed E-state index contributed by atoms with van der Waals surface area (Å²) in [6, 6.07) is 6.70. The number of piperidine rings is 1. The van der Waals surface area contributed by atoms with Crippen LogP contribution in [-0.4, -0.2) is 53.9 Å². The predicted octanol–water partition coefficient (Wildman–Crippen LogP) is 2.25. The van der Waals surface area contributed by atoms with Gasteiger partial charge < -0.3 is 15.0 Å². The molecule has 146 valence electrons. The van der Waals surface area contributed by atoms with Gasteiger partial charge in [0.1, 0.15) is 17.8 Å². The van der Waals surface area contributed by atoms with Crippen molar-refractivity contribution < 1.29 is 19.1 Å². The van der Waals surface area contributed by atoms with Crippen LogP contribution in [0.25, 0.3) is 0 Å². The molecule has 27 heavy (non-hydrogen) atoms. The van der Waals surface area contributed by atoms with Crippen molar-refractivity contribution in [3.63, 3.8) is 0 Å². The van der Waals surface area contributed by atoms with Crippen LogP contribution in [-0.2, 0) is 15.1 Å². The second kappa shape index (κ2) is 7.58. The lowest BCUT2D eigenvalue weighted by Crippen LogP contribution is -2.49. The lowest BCUT2D eigenvalue weighted by Gasteiger charge is -2.34. The fraction of sp³-hybridized carbons (Fsp3) is 0.550. The standard InChI is InChI=1S/C20H27N3O4/c1-4-20(15-8-10-16(27-3)11-9-15)18(25)23(19(26)21-20)13-17(24)22-12-6-5-7-14(22)2/h8-11,14H,4-7,12-13H2,1-3H3,(H,21,26)/t14-,20+/m0/s1. The summed E-state index contributed by atoms with van der Waals surface area (Å²) in [6.07, 6.45) is 3.41. The van der Waals surface area contributed by atoms with Crippen molar-refractivity contribution in [1.29, 1.82) is 0 Å². The molecule has 1 aromatic rings. The van der Waals surface area contributed by atoms with Gasteiger partial charge in [-0.25, -0.2) is 4.79 Å². The number of methoxy groups -OCH3 is 1. The number of ether oxygens (including phenoxy) is 1. The molecule has 2 aliphatic heterocycles. The Hall–Kier alpha value is -2.57. The first-order chi connectivity index (χ1) is 12.9. The van der Waals surface area contributed by atoms with Crippen molar-refractivity contribution in [2.24, 2.45) is 0 Å². The number of carbonyl (C=O) groups is 3. The van der Waals surface area contributed by atoms with Gasteiger partial charge in [-0.1, -0.05) is 19.1 Å². The molecule has 0 bridgehead atoms. The Morgan fingerprint density at radius 3 is 2.56 bits per heavy atom. The zero-order chi connectivity index (χ0) is 19.6. The third-order valence-corrected chi connectivity index (χ3v) is 5.71. The van der Waals surface area contributed by atoms with Crippen LogP contribution in [0, 0.1) is 0 Å². The smallest absolute Gasteiger partial charge is 0.325 e. The van der Waals surface area contributed by atoms with Crippen molar-refractivity contribution in [2.45, 2.75) is 51.1 Å². The van der Waals surface area contributed by atoms with E-state index in [0.29, 0.717) is 24.3 Å². The summed E-state index contributed by atoms with van der Waals surface area (Å²) in [6.45, 7) is 4.32. The van der Waals surface area contributed by atoms with Crippen LogP contribution in [0.2, 0.25) is 0 Å². The molecule has 7 nitrogen and oxygen atoms in total. The largest absolute Gasteiger partial charge is 0.497 e. The molecule has 3 rings (SSSR count). The van der Waals surface area contributed by atoms with Gasteiger partial charge in [-0.15, -0.1) is 0 Å². The highest BCUT2D eigenvalue weighted by molar-refractivity contribution is 6.09. The first-order valence-corrected chi connectivity index (χ1v) is 9.51. The fourth-order valence-electron chi connectivity index (χ4n) is 3.98. The summed E-state index contributed by atoms with van der Waals surface area (Å²) in [5, 5.41) is 2.82. The number of imide groups is 1. The minimum atomic E-state index is -1.14. The maximum absolute atomic E-state index is 13.2. The molecule has 4 amide bonds. The van der Waals surface area contributed by atoms with Gasteiger partial charge in [0.05, 0.1) is 7.11 Å². The lowest BCUT2D eigenvalue weighted by atomic mass is 9.87. The van der Waals surface area contributed by atoms with Crippen molar-refractivity contribution in [1.82, 2.24) is 15.1 Å². The monoisotopic (exact) mass is 373 g/mol. The van der Waals surface area contributed by atoms with E-state index in [1.54, 1.807) is 36.3 Å². The van der Waals surface area contributed by atoms with E-state index in [1.165, 1.54) is 0 Å². The van der Waals surface area contributed by atoms with E-state index in [4.69, 9.17) is 4.74 Å². The van der Waals surface area contributed by atoms with E-state index < -0.39 is 11.6 Å². The highest BCUT2D eigenvalue weighted by atomic mass is 16.5. The second-order valence-corrected chi connectivity index (χ2v) is 7.24. The summed E-state index contributed by atoms with van der Waals surface area (Å²) in [7, 11) is 1.57. The number of urea groups is 1. The van der Waals surface area contributed by atoms with Crippen molar-refractivity contribution >= 4 is 17.8 Å². The number of nitrogens with one attached hydrogen (secondary N) is 1. The summed E-state index contributed by atoms with van der Waals surface area (Å²) in [4.78, 5) is 41.3. The van der Waals surface area contributed by atoms with Crippen LogP contribution in [0.1, 0.15) is 45.1 Å². The Kier molecular flexibility index (Phi) is 5.39. The first kappa shape index (κ1) is 19.2. The average Bonchev–Trinajstić information content (AvgIpc) is 2.93. The molecule has 0 spiro atoms. The number of hydrogen-bond acceptors (Lipinski definition) is 4. The third kappa shape index (κ3) is 3.38. The van der Waals surface area contributed by atoms with Crippen LogP contribution < -0.4 is 10.1 Å². The molecular formula is C20H27N3O4. The molecule has 0 radical (unpaired) electrons. The molecule has 1 aromatic carbocycles. The zero-order valence-corrected chi connectivity index (χ0v) is 16.2. The van der Waals surface area contributed by atoms with Crippen LogP contribution >= 0.6 is 0 Å². The maximum atomic E-state index is 13.2. The number of hydrogen-bond donors (Lipinski definition) is 1. The van der Waals surface area contributed by atoms with Crippen molar-refractivity contribution in [3.8, 4) is 5.75 Å². The Morgan fingerprint density at radius 1 is 1.26 bits per heavy atom. The molecule has 0 saturated carbocycles. The molecule has 2 fully saturated rings. The van der Waals surface area contributed by atoms with Gasteiger partial charge in [-0.05, 0) is 50.3 Å². The molecule has 0 aromatic heterocycles. The molecule has 2 atom stereocenters. The van der Waals surface area contributed by atoms with Crippen LogP contribution in [0.3, 0.4) is 0 Å². The summed E-state index contributed by atoms with van der Waals surface area (Å²) >= 11 is 0. The van der Waals surface area contributed by atoms with Gasteiger partial charge in [0.25, 0.3) is 5.91 Å². The van der Waals surface area contributed by atoms with Gasteiger partial charge in [0, 0.05) is 12.6 Å². The number of rotatable bonds is 5. The number of carbonyl (C=O) groups excluding carboxylic acids is 3. The van der Waals surface area contributed by atoms with Gasteiger partial charge in [0.2, 0.25) is 5.91 Å². The summed E-state index contributed by atoms with van der Waals surface area (Å²) in [5.74, 6) is 0.124. The van der Waals surface area contributed by atoms with E-state index >= 15 is 0 Å². The second-order valence-electron chi connectivity index (χ2n) is 7.24. The number of nitrogens with zero attached hydrogens (tertiary/aromatic N) is 2. The Labute approximate surface area is 159 Å². The van der Waals surface area contributed by atoms with Crippen LogP contribution in [0.4, 0.5) is 4.79 Å². The minimum Gasteiger partial charge on any atom is -0.497 e. The fourth-order valence-corrected chi connectivity index (χ4v) is 3.98. The van der Waals surface area contributed by atoms with E-state index in [2.05, 4.69) is 5.32 Å². The van der Waals surface area contributed by atoms with E-state index in [0.717, 1.165) is 24.2 Å². The Bertz CT molecular complexity index is 733. The molecule has 7 heteroatoms. The van der Waals surface area contributed by atoms with Gasteiger partial charge in [-0.2, -0.15) is 0 Å². The topological polar surface area (TPSA) is 79.0 Å². The average molecular weight is 373 g/mol. The zero-order valence-electron chi connectivity index (χ0n) is 16.2. The van der Waals surface area contributed by atoms with Gasteiger partial charge in [-0.3, -0.25) is 14.5 Å². The maximum Gasteiger partial charge on any atom is 0.325 e. The molecule has 1 N–H and O–H groups in total. The first-order valence-electron chi connectivity index (χ1n) is 9.51. The van der Waals surface area contributed by atoms with Crippen LogP contribution in [0.15, 0.2) is 24.3 Å². The minimum absolute atomic E-state index is 0.143. The predicted molar refractivity (Wildman–Crippen MR) is 100 cm³/mol. The normalized spacial score (nSPS) is 25.5. The van der Waals surface area contributed by atoms with E-state index in [-0.39, 0.29) is 24.4 Å². The quantitative estimate of drug-likeness (QED) is 0.803. The third-order valence-electron chi connectivity index (χ3n) is 5.71. The number of amides is 4.